The number of nitrogens with zero attached hydrogens (tertiary/aromatic N) is 4. The van der Waals surface area contributed by atoms with Gasteiger partial charge in [-0.05, 0) is 25.0 Å². The van der Waals surface area contributed by atoms with Crippen molar-refractivity contribution in [2.24, 2.45) is 0 Å². The van der Waals surface area contributed by atoms with E-state index in [1.165, 1.54) is 0 Å². The molecule has 0 spiro atoms. The molecule has 0 aromatic carbocycles. The molecule has 1 N–H and O–H groups in total. The van der Waals surface area contributed by atoms with Gasteiger partial charge >= 0.3 is 0 Å². The van der Waals surface area contributed by atoms with Crippen molar-refractivity contribution in [3.63, 3.8) is 0 Å². The zero-order valence-electron chi connectivity index (χ0n) is 10.0. The summed E-state index contributed by atoms with van der Waals surface area (Å²) in [5, 5.41) is 14.4. The van der Waals surface area contributed by atoms with Crippen LogP contribution in [0.4, 0.5) is 0 Å². The molecule has 2 rings (SSSR count). The van der Waals surface area contributed by atoms with Crippen molar-refractivity contribution in [3.8, 4) is 0 Å². The van der Waals surface area contributed by atoms with Gasteiger partial charge in [-0.1, -0.05) is 6.92 Å². The van der Waals surface area contributed by atoms with Gasteiger partial charge in [0.25, 0.3) is 0 Å². The Morgan fingerprint density at radius 2 is 2.06 bits per heavy atom. The molecule has 0 aliphatic heterocycles. The van der Waals surface area contributed by atoms with Crippen LogP contribution in [0.3, 0.4) is 0 Å². The molecule has 0 aliphatic rings. The number of hydrogen-bond acceptors (Lipinski definition) is 4. The fourth-order valence-electron chi connectivity index (χ4n) is 1.65. The number of aromatic nitrogens is 4. The standard InChI is InChI=1S/C12H16N4O/c1-3-6-16-10(4-5-15-16)11(17)12-13-7-9(2)8-14-12/h4-5,7-8,11,17H,3,6H2,1-2H3. The van der Waals surface area contributed by atoms with Crippen molar-refractivity contribution < 1.29 is 5.11 Å². The third-order valence-corrected chi connectivity index (χ3v) is 2.51. The Hall–Kier alpha value is -1.75. The first-order valence-electron chi connectivity index (χ1n) is 5.70. The summed E-state index contributed by atoms with van der Waals surface area (Å²) in [7, 11) is 0. The Morgan fingerprint density at radius 1 is 1.35 bits per heavy atom. The fraction of sp³-hybridized carbons (Fsp3) is 0.417. The van der Waals surface area contributed by atoms with Gasteiger partial charge in [0, 0.05) is 25.1 Å². The Kier molecular flexibility index (Phi) is 3.49. The van der Waals surface area contributed by atoms with Gasteiger partial charge in [0.2, 0.25) is 0 Å². The van der Waals surface area contributed by atoms with E-state index in [2.05, 4.69) is 22.0 Å². The number of aliphatic hydroxyl groups excluding tert-OH is 1. The minimum Gasteiger partial charge on any atom is -0.379 e. The zero-order chi connectivity index (χ0) is 12.3. The van der Waals surface area contributed by atoms with E-state index in [1.807, 2.05) is 6.92 Å². The van der Waals surface area contributed by atoms with Crippen LogP contribution < -0.4 is 0 Å². The van der Waals surface area contributed by atoms with E-state index in [1.54, 1.807) is 29.3 Å². The third-order valence-electron chi connectivity index (χ3n) is 2.51. The average molecular weight is 232 g/mol. The molecule has 0 bridgehead atoms. The van der Waals surface area contributed by atoms with Gasteiger partial charge in [-0.15, -0.1) is 0 Å². The molecule has 0 aliphatic carbocycles. The van der Waals surface area contributed by atoms with Crippen LogP contribution in [0.5, 0.6) is 0 Å². The Bertz CT molecular complexity index is 478. The quantitative estimate of drug-likeness (QED) is 0.867. The lowest BCUT2D eigenvalue weighted by Gasteiger charge is -2.11. The van der Waals surface area contributed by atoms with E-state index in [0.29, 0.717) is 5.82 Å². The number of aliphatic hydroxyl groups is 1. The van der Waals surface area contributed by atoms with E-state index < -0.39 is 6.10 Å². The minimum absolute atomic E-state index is 0.411. The third kappa shape index (κ3) is 2.50. The molecule has 17 heavy (non-hydrogen) atoms. The van der Waals surface area contributed by atoms with Crippen LogP contribution in [-0.2, 0) is 6.54 Å². The number of aryl methyl sites for hydroxylation is 2. The molecule has 0 fully saturated rings. The molecule has 0 saturated carbocycles. The molecule has 2 aromatic heterocycles. The topological polar surface area (TPSA) is 63.8 Å². The second-order valence-corrected chi connectivity index (χ2v) is 4.00. The second-order valence-electron chi connectivity index (χ2n) is 4.00. The maximum atomic E-state index is 10.2. The normalized spacial score (nSPS) is 12.6. The molecule has 2 heterocycles. The van der Waals surface area contributed by atoms with Crippen molar-refractivity contribution in [1.29, 1.82) is 0 Å². The number of rotatable bonds is 4. The molecule has 1 atom stereocenters. The molecule has 0 saturated heterocycles. The summed E-state index contributed by atoms with van der Waals surface area (Å²) in [6, 6.07) is 1.80. The molecule has 90 valence electrons. The first-order valence-corrected chi connectivity index (χ1v) is 5.70. The van der Waals surface area contributed by atoms with Crippen molar-refractivity contribution in [1.82, 2.24) is 19.7 Å². The van der Waals surface area contributed by atoms with Crippen LogP contribution in [0, 0.1) is 6.92 Å². The summed E-state index contributed by atoms with van der Waals surface area (Å²) >= 11 is 0. The van der Waals surface area contributed by atoms with Crippen LogP contribution in [0.2, 0.25) is 0 Å². The highest BCUT2D eigenvalue weighted by Gasteiger charge is 2.17. The maximum Gasteiger partial charge on any atom is 0.163 e. The van der Waals surface area contributed by atoms with E-state index in [9.17, 15) is 5.11 Å². The first-order chi connectivity index (χ1) is 8.22. The second kappa shape index (κ2) is 5.05. The van der Waals surface area contributed by atoms with Gasteiger partial charge in [-0.2, -0.15) is 5.10 Å². The van der Waals surface area contributed by atoms with E-state index in [0.717, 1.165) is 24.2 Å². The molecular formula is C12H16N4O. The molecule has 1 unspecified atom stereocenters. The SMILES string of the molecule is CCCn1nccc1C(O)c1ncc(C)cn1. The van der Waals surface area contributed by atoms with Crippen molar-refractivity contribution in [2.45, 2.75) is 32.9 Å². The smallest absolute Gasteiger partial charge is 0.163 e. The first kappa shape index (κ1) is 11.7. The highest BCUT2D eigenvalue weighted by molar-refractivity contribution is 5.14. The minimum atomic E-state index is -0.815. The van der Waals surface area contributed by atoms with Gasteiger partial charge in [0.15, 0.2) is 11.9 Å². The molecule has 0 amide bonds. The summed E-state index contributed by atoms with van der Waals surface area (Å²) in [6.07, 6.45) is 5.24. The van der Waals surface area contributed by atoms with Crippen molar-refractivity contribution >= 4 is 0 Å². The Balaban J connectivity index is 2.26. The summed E-state index contributed by atoms with van der Waals surface area (Å²) in [5.41, 5.74) is 1.71. The van der Waals surface area contributed by atoms with Gasteiger partial charge in [0.05, 0.1) is 5.69 Å². The monoisotopic (exact) mass is 232 g/mol. The maximum absolute atomic E-state index is 10.2. The van der Waals surface area contributed by atoms with Gasteiger partial charge in [0.1, 0.15) is 0 Å². The summed E-state index contributed by atoms with van der Waals surface area (Å²) in [5.74, 6) is 0.411. The highest BCUT2D eigenvalue weighted by atomic mass is 16.3. The predicted octanol–water partition coefficient (Wildman–Crippen LogP) is 1.47. The summed E-state index contributed by atoms with van der Waals surface area (Å²) < 4.78 is 1.79. The van der Waals surface area contributed by atoms with Crippen LogP contribution in [-0.4, -0.2) is 24.9 Å². The zero-order valence-corrected chi connectivity index (χ0v) is 10.0. The van der Waals surface area contributed by atoms with Crippen LogP contribution >= 0.6 is 0 Å². The van der Waals surface area contributed by atoms with E-state index in [4.69, 9.17) is 0 Å². The van der Waals surface area contributed by atoms with Gasteiger partial charge in [-0.3, -0.25) is 4.68 Å². The lowest BCUT2D eigenvalue weighted by molar-refractivity contribution is 0.197. The van der Waals surface area contributed by atoms with Crippen molar-refractivity contribution in [2.75, 3.05) is 0 Å². The largest absolute Gasteiger partial charge is 0.379 e. The lowest BCUT2D eigenvalue weighted by atomic mass is 10.2. The predicted molar refractivity (Wildman–Crippen MR) is 63.3 cm³/mol. The fourth-order valence-corrected chi connectivity index (χ4v) is 1.65. The van der Waals surface area contributed by atoms with Gasteiger partial charge < -0.3 is 5.11 Å². The highest BCUT2D eigenvalue weighted by Crippen LogP contribution is 2.18. The molecule has 2 aromatic rings. The number of hydrogen-bond donors (Lipinski definition) is 1. The van der Waals surface area contributed by atoms with E-state index in [-0.39, 0.29) is 0 Å². The average Bonchev–Trinajstić information content (AvgIpc) is 2.78. The Morgan fingerprint density at radius 3 is 2.71 bits per heavy atom. The van der Waals surface area contributed by atoms with Gasteiger partial charge in [-0.25, -0.2) is 9.97 Å². The molecular weight excluding hydrogens is 216 g/mol. The van der Waals surface area contributed by atoms with Crippen LogP contribution in [0.15, 0.2) is 24.7 Å². The van der Waals surface area contributed by atoms with Crippen LogP contribution in [0.1, 0.15) is 36.5 Å². The molecule has 5 nitrogen and oxygen atoms in total. The Labute approximate surface area is 100 Å². The molecule has 0 radical (unpaired) electrons. The van der Waals surface area contributed by atoms with Crippen LogP contribution in [0.25, 0.3) is 0 Å². The lowest BCUT2D eigenvalue weighted by Crippen LogP contribution is -2.12. The summed E-state index contributed by atoms with van der Waals surface area (Å²) in [6.45, 7) is 4.77. The van der Waals surface area contributed by atoms with E-state index >= 15 is 0 Å². The summed E-state index contributed by atoms with van der Waals surface area (Å²) in [4.78, 5) is 8.27. The molecule has 5 heteroatoms. The van der Waals surface area contributed by atoms with Crippen molar-refractivity contribution in [3.05, 3.63) is 41.7 Å².